The van der Waals surface area contributed by atoms with Crippen LogP contribution in [0.2, 0.25) is 0 Å². The SMILES string of the molecule is CCNC(=NCc1ccc(C(=O)N2CCCCC2)cc1)NCC1(C)CCCS1. The monoisotopic (exact) mass is 402 g/mol. The number of nitrogens with one attached hydrogen (secondary N) is 2. The third kappa shape index (κ3) is 5.90. The Kier molecular flexibility index (Phi) is 7.65. The fraction of sp³-hybridized carbons (Fsp3) is 0.636. The first-order valence-corrected chi connectivity index (χ1v) is 11.6. The number of likely N-dealkylation sites (tertiary alicyclic amines) is 1. The van der Waals surface area contributed by atoms with Crippen LogP contribution in [0.15, 0.2) is 29.3 Å². The number of carbonyl (C=O) groups is 1. The molecule has 2 aliphatic rings. The molecule has 2 N–H and O–H groups in total. The average Bonchev–Trinajstić information content (AvgIpc) is 3.17. The Bertz CT molecular complexity index is 662. The molecule has 1 atom stereocenters. The summed E-state index contributed by atoms with van der Waals surface area (Å²) in [4.78, 5) is 19.3. The van der Waals surface area contributed by atoms with Gasteiger partial charge in [-0.25, -0.2) is 4.99 Å². The van der Waals surface area contributed by atoms with E-state index in [-0.39, 0.29) is 5.91 Å². The van der Waals surface area contributed by atoms with E-state index in [1.165, 1.54) is 25.0 Å². The fourth-order valence-electron chi connectivity index (χ4n) is 3.79. The Morgan fingerprint density at radius 1 is 1.14 bits per heavy atom. The summed E-state index contributed by atoms with van der Waals surface area (Å²) >= 11 is 2.05. The maximum Gasteiger partial charge on any atom is 0.253 e. The molecular weight excluding hydrogens is 368 g/mol. The second kappa shape index (κ2) is 10.2. The highest BCUT2D eigenvalue weighted by molar-refractivity contribution is 8.00. The number of hydrogen-bond donors (Lipinski definition) is 2. The zero-order valence-corrected chi connectivity index (χ0v) is 18.1. The number of guanidine groups is 1. The molecule has 1 amide bonds. The van der Waals surface area contributed by atoms with Crippen molar-refractivity contribution in [1.29, 1.82) is 0 Å². The van der Waals surface area contributed by atoms with E-state index in [9.17, 15) is 4.79 Å². The second-order valence-corrected chi connectivity index (χ2v) is 9.68. The van der Waals surface area contributed by atoms with Gasteiger partial charge in [0.1, 0.15) is 0 Å². The van der Waals surface area contributed by atoms with Crippen molar-refractivity contribution in [3.8, 4) is 0 Å². The van der Waals surface area contributed by atoms with Gasteiger partial charge >= 0.3 is 0 Å². The Balaban J connectivity index is 1.55. The molecule has 0 radical (unpaired) electrons. The normalized spacial score (nSPS) is 22.9. The number of hydrogen-bond acceptors (Lipinski definition) is 3. The van der Waals surface area contributed by atoms with Crippen LogP contribution in [0.25, 0.3) is 0 Å². The molecule has 1 unspecified atom stereocenters. The molecule has 5 nitrogen and oxygen atoms in total. The van der Waals surface area contributed by atoms with Crippen LogP contribution in [0, 0.1) is 0 Å². The minimum absolute atomic E-state index is 0.159. The van der Waals surface area contributed by atoms with Crippen molar-refractivity contribution in [3.63, 3.8) is 0 Å². The number of carbonyl (C=O) groups excluding carboxylic acids is 1. The van der Waals surface area contributed by atoms with Gasteiger partial charge in [0.25, 0.3) is 5.91 Å². The van der Waals surface area contributed by atoms with Crippen LogP contribution in [-0.2, 0) is 6.54 Å². The van der Waals surface area contributed by atoms with Crippen molar-refractivity contribution >= 4 is 23.6 Å². The van der Waals surface area contributed by atoms with Gasteiger partial charge in [-0.1, -0.05) is 12.1 Å². The van der Waals surface area contributed by atoms with Gasteiger partial charge in [-0.2, -0.15) is 11.8 Å². The molecule has 2 fully saturated rings. The van der Waals surface area contributed by atoms with Crippen LogP contribution in [0.5, 0.6) is 0 Å². The van der Waals surface area contributed by atoms with E-state index < -0.39 is 0 Å². The van der Waals surface area contributed by atoms with Gasteiger partial charge in [0.15, 0.2) is 5.96 Å². The van der Waals surface area contributed by atoms with Crippen LogP contribution in [0.3, 0.4) is 0 Å². The van der Waals surface area contributed by atoms with Crippen LogP contribution in [0.1, 0.15) is 61.9 Å². The lowest BCUT2D eigenvalue weighted by molar-refractivity contribution is 0.0724. The van der Waals surface area contributed by atoms with E-state index >= 15 is 0 Å². The van der Waals surface area contributed by atoms with E-state index in [2.05, 4.69) is 36.2 Å². The minimum atomic E-state index is 0.159. The third-order valence-electron chi connectivity index (χ3n) is 5.54. The van der Waals surface area contributed by atoms with Gasteiger partial charge in [-0.15, -0.1) is 0 Å². The number of aliphatic imine (C=N–C) groups is 1. The molecule has 3 rings (SSSR count). The molecule has 1 aromatic rings. The standard InChI is InChI=1S/C22H34N4OS/c1-3-23-21(25-17-22(2)12-7-15-28-22)24-16-18-8-10-19(11-9-18)20(27)26-13-5-4-6-14-26/h8-11H,3-7,12-17H2,1-2H3,(H2,23,24,25). The van der Waals surface area contributed by atoms with Gasteiger partial charge in [-0.3, -0.25) is 4.79 Å². The topological polar surface area (TPSA) is 56.7 Å². The molecule has 0 saturated carbocycles. The summed E-state index contributed by atoms with van der Waals surface area (Å²) in [7, 11) is 0. The largest absolute Gasteiger partial charge is 0.357 e. The summed E-state index contributed by atoms with van der Waals surface area (Å²) in [5, 5.41) is 6.84. The molecule has 0 spiro atoms. The molecule has 154 valence electrons. The summed E-state index contributed by atoms with van der Waals surface area (Å²) in [6, 6.07) is 7.94. The number of rotatable bonds is 6. The van der Waals surface area contributed by atoms with E-state index in [4.69, 9.17) is 4.99 Å². The van der Waals surface area contributed by atoms with Crippen LogP contribution < -0.4 is 10.6 Å². The summed E-state index contributed by atoms with van der Waals surface area (Å²) in [5.74, 6) is 2.28. The summed E-state index contributed by atoms with van der Waals surface area (Å²) in [5.41, 5.74) is 1.90. The molecule has 2 saturated heterocycles. The van der Waals surface area contributed by atoms with Crippen LogP contribution in [-0.4, -0.2) is 53.4 Å². The number of benzene rings is 1. The van der Waals surface area contributed by atoms with E-state index in [0.717, 1.165) is 56.1 Å². The third-order valence-corrected chi connectivity index (χ3v) is 7.08. The van der Waals surface area contributed by atoms with Crippen LogP contribution >= 0.6 is 11.8 Å². The molecular formula is C22H34N4OS. The molecule has 28 heavy (non-hydrogen) atoms. The summed E-state index contributed by atoms with van der Waals surface area (Å²) < 4.78 is 0.312. The number of piperidine rings is 1. The summed E-state index contributed by atoms with van der Waals surface area (Å²) in [6.07, 6.45) is 6.04. The zero-order valence-electron chi connectivity index (χ0n) is 17.3. The summed E-state index contributed by atoms with van der Waals surface area (Å²) in [6.45, 7) is 8.59. The van der Waals surface area contributed by atoms with E-state index in [0.29, 0.717) is 11.3 Å². The average molecular weight is 403 g/mol. The maximum atomic E-state index is 12.6. The van der Waals surface area contributed by atoms with Crippen molar-refractivity contribution in [3.05, 3.63) is 35.4 Å². The lowest BCUT2D eigenvalue weighted by atomic mass is 10.1. The second-order valence-electron chi connectivity index (χ2n) is 8.00. The van der Waals surface area contributed by atoms with Crippen molar-refractivity contribution in [2.45, 2.75) is 57.2 Å². The van der Waals surface area contributed by atoms with Gasteiger partial charge in [0.05, 0.1) is 6.54 Å². The minimum Gasteiger partial charge on any atom is -0.357 e. The molecule has 0 aromatic heterocycles. The Morgan fingerprint density at radius 2 is 1.89 bits per heavy atom. The maximum absolute atomic E-state index is 12.6. The van der Waals surface area contributed by atoms with E-state index in [1.807, 2.05) is 29.2 Å². The lowest BCUT2D eigenvalue weighted by Gasteiger charge is -2.26. The highest BCUT2D eigenvalue weighted by atomic mass is 32.2. The van der Waals surface area contributed by atoms with Gasteiger partial charge in [0, 0.05) is 36.5 Å². The lowest BCUT2D eigenvalue weighted by Crippen LogP contribution is -2.43. The van der Waals surface area contributed by atoms with Gasteiger partial charge in [0.2, 0.25) is 0 Å². The van der Waals surface area contributed by atoms with E-state index in [1.54, 1.807) is 0 Å². The Labute approximate surface area is 173 Å². The first-order chi connectivity index (χ1) is 13.6. The zero-order chi connectivity index (χ0) is 19.8. The molecule has 0 aliphatic carbocycles. The highest BCUT2D eigenvalue weighted by Gasteiger charge is 2.29. The predicted molar refractivity (Wildman–Crippen MR) is 119 cm³/mol. The van der Waals surface area contributed by atoms with Gasteiger partial charge < -0.3 is 15.5 Å². The molecule has 2 aliphatic heterocycles. The highest BCUT2D eigenvalue weighted by Crippen LogP contribution is 2.36. The number of amides is 1. The first-order valence-electron chi connectivity index (χ1n) is 10.6. The smallest absolute Gasteiger partial charge is 0.253 e. The van der Waals surface area contributed by atoms with Crippen molar-refractivity contribution in [2.24, 2.45) is 4.99 Å². The van der Waals surface area contributed by atoms with Crippen molar-refractivity contribution < 1.29 is 4.79 Å². The first kappa shape index (κ1) is 21.0. The fourth-order valence-corrected chi connectivity index (χ4v) is 5.04. The molecule has 0 bridgehead atoms. The quantitative estimate of drug-likeness (QED) is 0.563. The number of thioether (sulfide) groups is 1. The molecule has 2 heterocycles. The van der Waals surface area contributed by atoms with Gasteiger partial charge in [-0.05, 0) is 69.4 Å². The van der Waals surface area contributed by atoms with Crippen molar-refractivity contribution in [2.75, 3.05) is 31.9 Å². The Hall–Kier alpha value is -1.69. The molecule has 1 aromatic carbocycles. The number of nitrogens with zero attached hydrogens (tertiary/aromatic N) is 2. The molecule has 6 heteroatoms. The van der Waals surface area contributed by atoms with Crippen LogP contribution in [0.4, 0.5) is 0 Å². The predicted octanol–water partition coefficient (Wildman–Crippen LogP) is 3.65. The van der Waals surface area contributed by atoms with Crippen molar-refractivity contribution in [1.82, 2.24) is 15.5 Å². The Morgan fingerprint density at radius 3 is 2.54 bits per heavy atom.